The number of carbonyl (C=O) groups excluding carboxylic acids is 1. The molecule has 10 heteroatoms. The second-order valence-corrected chi connectivity index (χ2v) is 5.42. The summed E-state index contributed by atoms with van der Waals surface area (Å²) >= 11 is 0. The molecule has 0 aliphatic carbocycles. The zero-order chi connectivity index (χ0) is 19.4. The normalized spacial score (nSPS) is 11.4. The molecule has 0 aliphatic heterocycles. The largest absolute Gasteiger partial charge is 0.494 e. The number of amides is 1. The molecule has 0 saturated heterocycles. The third-order valence-corrected chi connectivity index (χ3v) is 3.67. The van der Waals surface area contributed by atoms with Crippen molar-refractivity contribution in [3.05, 3.63) is 54.0 Å². The molecule has 1 amide bonds. The van der Waals surface area contributed by atoms with E-state index in [1.54, 1.807) is 18.3 Å². The molecule has 3 aromatic rings. The van der Waals surface area contributed by atoms with Crippen molar-refractivity contribution in [1.82, 2.24) is 19.9 Å². The summed E-state index contributed by atoms with van der Waals surface area (Å²) in [6, 6.07) is 5.46. The summed E-state index contributed by atoms with van der Waals surface area (Å²) in [4.78, 5) is 15.9. The summed E-state index contributed by atoms with van der Waals surface area (Å²) in [6.45, 7) is 0.175. The Morgan fingerprint density at radius 3 is 2.74 bits per heavy atom. The number of fused-ring (bicyclic) bond motifs is 1. The first-order valence-electron chi connectivity index (χ1n) is 7.84. The predicted octanol–water partition coefficient (Wildman–Crippen LogP) is 2.57. The summed E-state index contributed by atoms with van der Waals surface area (Å²) in [5.41, 5.74) is 0.00751. The van der Waals surface area contributed by atoms with Crippen LogP contribution in [0, 0.1) is 0 Å². The van der Waals surface area contributed by atoms with Crippen molar-refractivity contribution >= 4 is 11.4 Å². The number of hydrogen-bond acceptors (Lipinski definition) is 5. The third kappa shape index (κ3) is 4.10. The van der Waals surface area contributed by atoms with Gasteiger partial charge < -0.3 is 14.8 Å². The van der Waals surface area contributed by atoms with Gasteiger partial charge in [0, 0.05) is 18.5 Å². The number of ether oxygens (including phenoxy) is 2. The molecule has 0 aliphatic rings. The standard InChI is InChI=1S/C17H15F3N4O3/c1-26-13-3-2-7-24-15(13)12(10-23-24)16(25)21-6-8-27-14-5-4-11(9-22-14)17(18,19)20/h2-5,7,9-10H,6,8H2,1H3,(H,21,25). The van der Waals surface area contributed by atoms with Crippen LogP contribution in [0.15, 0.2) is 42.9 Å². The zero-order valence-corrected chi connectivity index (χ0v) is 14.2. The molecule has 0 spiro atoms. The molecular formula is C17H15F3N4O3. The van der Waals surface area contributed by atoms with E-state index in [2.05, 4.69) is 15.4 Å². The van der Waals surface area contributed by atoms with Crippen LogP contribution in [-0.4, -0.2) is 40.8 Å². The minimum Gasteiger partial charge on any atom is -0.494 e. The second-order valence-electron chi connectivity index (χ2n) is 5.42. The van der Waals surface area contributed by atoms with Gasteiger partial charge in [0.1, 0.15) is 17.9 Å². The van der Waals surface area contributed by atoms with Gasteiger partial charge in [-0.15, -0.1) is 0 Å². The molecule has 0 fully saturated rings. The van der Waals surface area contributed by atoms with Gasteiger partial charge >= 0.3 is 6.18 Å². The van der Waals surface area contributed by atoms with Gasteiger partial charge in [0.2, 0.25) is 5.88 Å². The fraction of sp³-hybridized carbons (Fsp3) is 0.235. The topological polar surface area (TPSA) is 77.8 Å². The maximum Gasteiger partial charge on any atom is 0.417 e. The molecule has 3 heterocycles. The Labute approximate surface area is 151 Å². The number of alkyl halides is 3. The molecule has 0 aromatic carbocycles. The monoisotopic (exact) mass is 380 g/mol. The van der Waals surface area contributed by atoms with E-state index in [1.165, 1.54) is 17.8 Å². The first-order valence-corrected chi connectivity index (χ1v) is 7.84. The number of halogens is 3. The van der Waals surface area contributed by atoms with Gasteiger partial charge in [0.15, 0.2) is 0 Å². The van der Waals surface area contributed by atoms with Crippen molar-refractivity contribution in [3.8, 4) is 11.6 Å². The van der Waals surface area contributed by atoms with Gasteiger partial charge in [-0.25, -0.2) is 9.50 Å². The highest BCUT2D eigenvalue weighted by atomic mass is 19.4. The summed E-state index contributed by atoms with van der Waals surface area (Å²) in [6.07, 6.45) is -0.645. The maximum atomic E-state index is 12.5. The van der Waals surface area contributed by atoms with Crippen LogP contribution >= 0.6 is 0 Å². The number of pyridine rings is 2. The van der Waals surface area contributed by atoms with E-state index < -0.39 is 11.7 Å². The van der Waals surface area contributed by atoms with Crippen molar-refractivity contribution in [2.45, 2.75) is 6.18 Å². The molecule has 0 radical (unpaired) electrons. The fourth-order valence-electron chi connectivity index (χ4n) is 2.39. The van der Waals surface area contributed by atoms with Gasteiger partial charge in [-0.2, -0.15) is 18.3 Å². The van der Waals surface area contributed by atoms with Crippen molar-refractivity contribution in [2.75, 3.05) is 20.3 Å². The Bertz CT molecular complexity index is 939. The lowest BCUT2D eigenvalue weighted by Gasteiger charge is -2.09. The average molecular weight is 380 g/mol. The molecule has 0 bridgehead atoms. The average Bonchev–Trinajstić information content (AvgIpc) is 3.09. The van der Waals surface area contributed by atoms with Crippen LogP contribution in [0.1, 0.15) is 15.9 Å². The Hall–Kier alpha value is -3.30. The summed E-state index contributed by atoms with van der Waals surface area (Å²) < 4.78 is 49.4. The van der Waals surface area contributed by atoms with Crippen LogP contribution in [0.5, 0.6) is 11.6 Å². The van der Waals surface area contributed by atoms with E-state index in [0.717, 1.165) is 12.1 Å². The smallest absolute Gasteiger partial charge is 0.417 e. The lowest BCUT2D eigenvalue weighted by molar-refractivity contribution is -0.137. The number of rotatable bonds is 6. The Kier molecular flexibility index (Phi) is 5.15. The van der Waals surface area contributed by atoms with Crippen LogP contribution in [0.3, 0.4) is 0 Å². The second kappa shape index (κ2) is 7.52. The molecule has 3 aromatic heterocycles. The van der Waals surface area contributed by atoms with Crippen LogP contribution < -0.4 is 14.8 Å². The van der Waals surface area contributed by atoms with Gasteiger partial charge in [-0.05, 0) is 18.2 Å². The summed E-state index contributed by atoms with van der Waals surface area (Å²) in [5.74, 6) is 0.165. The molecule has 3 rings (SSSR count). The quantitative estimate of drug-likeness (QED) is 0.665. The van der Waals surface area contributed by atoms with Crippen LogP contribution in [0.2, 0.25) is 0 Å². The minimum atomic E-state index is -4.45. The first kappa shape index (κ1) is 18.5. The molecule has 142 valence electrons. The summed E-state index contributed by atoms with van der Waals surface area (Å²) in [5, 5.41) is 6.75. The molecule has 7 nitrogen and oxygen atoms in total. The van der Waals surface area contributed by atoms with E-state index in [4.69, 9.17) is 9.47 Å². The van der Waals surface area contributed by atoms with Gasteiger partial charge in [0.05, 0.1) is 31.0 Å². The highest BCUT2D eigenvalue weighted by molar-refractivity contribution is 6.02. The van der Waals surface area contributed by atoms with E-state index >= 15 is 0 Å². The number of hydrogen-bond donors (Lipinski definition) is 1. The lowest BCUT2D eigenvalue weighted by atomic mass is 10.2. The number of methoxy groups -OCH3 is 1. The van der Waals surface area contributed by atoms with E-state index in [0.29, 0.717) is 23.0 Å². The number of nitrogens with one attached hydrogen (secondary N) is 1. The van der Waals surface area contributed by atoms with E-state index in [-0.39, 0.29) is 24.9 Å². The highest BCUT2D eigenvalue weighted by Gasteiger charge is 2.30. The summed E-state index contributed by atoms with van der Waals surface area (Å²) in [7, 11) is 1.49. The highest BCUT2D eigenvalue weighted by Crippen LogP contribution is 2.29. The molecule has 1 N–H and O–H groups in total. The molecular weight excluding hydrogens is 365 g/mol. The van der Waals surface area contributed by atoms with Crippen molar-refractivity contribution in [2.24, 2.45) is 0 Å². The number of nitrogens with zero attached hydrogens (tertiary/aromatic N) is 3. The zero-order valence-electron chi connectivity index (χ0n) is 14.2. The molecule has 0 saturated carbocycles. The third-order valence-electron chi connectivity index (χ3n) is 3.67. The van der Waals surface area contributed by atoms with Crippen LogP contribution in [0.4, 0.5) is 13.2 Å². The van der Waals surface area contributed by atoms with Crippen molar-refractivity contribution in [3.63, 3.8) is 0 Å². The van der Waals surface area contributed by atoms with Crippen molar-refractivity contribution < 1.29 is 27.4 Å². The SMILES string of the molecule is COc1cccn2ncc(C(=O)NCCOc3ccc(C(F)(F)F)cn3)c12. The van der Waals surface area contributed by atoms with Crippen LogP contribution in [0.25, 0.3) is 5.52 Å². The molecule has 0 unspecified atom stereocenters. The molecule has 27 heavy (non-hydrogen) atoms. The van der Waals surface area contributed by atoms with Crippen LogP contribution in [-0.2, 0) is 6.18 Å². The van der Waals surface area contributed by atoms with E-state index in [1.807, 2.05) is 0 Å². The molecule has 0 atom stereocenters. The Balaban J connectivity index is 1.56. The number of carbonyl (C=O) groups is 1. The van der Waals surface area contributed by atoms with Gasteiger partial charge in [-0.1, -0.05) is 0 Å². The minimum absolute atomic E-state index is 0.0369. The maximum absolute atomic E-state index is 12.5. The first-order chi connectivity index (χ1) is 12.9. The lowest BCUT2D eigenvalue weighted by Crippen LogP contribution is -2.28. The van der Waals surface area contributed by atoms with Gasteiger partial charge in [-0.3, -0.25) is 4.79 Å². The number of aromatic nitrogens is 3. The Morgan fingerprint density at radius 1 is 1.26 bits per heavy atom. The Morgan fingerprint density at radius 2 is 2.07 bits per heavy atom. The fourth-order valence-corrected chi connectivity index (χ4v) is 2.39. The van der Waals surface area contributed by atoms with E-state index in [9.17, 15) is 18.0 Å². The predicted molar refractivity (Wildman–Crippen MR) is 88.8 cm³/mol. The van der Waals surface area contributed by atoms with Gasteiger partial charge in [0.25, 0.3) is 5.91 Å². The van der Waals surface area contributed by atoms with Crippen molar-refractivity contribution in [1.29, 1.82) is 0 Å².